The summed E-state index contributed by atoms with van der Waals surface area (Å²) in [5.74, 6) is -5.27. The molecule has 10 heteroatoms. The first-order valence-corrected chi connectivity index (χ1v) is 11.2. The Morgan fingerprint density at radius 2 is 1.56 bits per heavy atom. The molecule has 1 fully saturated rings. The van der Waals surface area contributed by atoms with Gasteiger partial charge in [-0.15, -0.1) is 0 Å². The van der Waals surface area contributed by atoms with Crippen molar-refractivity contribution in [1.82, 2.24) is 0 Å². The van der Waals surface area contributed by atoms with Crippen molar-refractivity contribution in [2.24, 2.45) is 0 Å². The molecule has 0 aliphatic heterocycles. The molecule has 1 aliphatic carbocycles. The van der Waals surface area contributed by atoms with E-state index in [9.17, 15) is 30.0 Å². The number of benzene rings is 2. The Kier molecular flexibility index (Phi) is 5.22. The van der Waals surface area contributed by atoms with Gasteiger partial charge in [0.05, 0.1) is 15.8 Å². The lowest BCUT2D eigenvalue weighted by molar-refractivity contribution is 0.432. The Hall–Kier alpha value is -2.07. The van der Waals surface area contributed by atoms with Gasteiger partial charge < -0.3 is 0 Å². The smallest absolute Gasteiger partial charge is 0.264 e. The van der Waals surface area contributed by atoms with Crippen molar-refractivity contribution in [1.29, 1.82) is 0 Å². The third kappa shape index (κ3) is 3.81. The second-order valence-corrected chi connectivity index (χ2v) is 10.1. The minimum Gasteiger partial charge on any atom is -0.279 e. The van der Waals surface area contributed by atoms with Crippen LogP contribution in [0.4, 0.5) is 18.9 Å². The van der Waals surface area contributed by atoms with Gasteiger partial charge in [-0.3, -0.25) is 4.72 Å². The van der Waals surface area contributed by atoms with Crippen LogP contribution >= 0.6 is 0 Å². The van der Waals surface area contributed by atoms with Gasteiger partial charge in [0, 0.05) is 0 Å². The second-order valence-electron chi connectivity index (χ2n) is 6.26. The van der Waals surface area contributed by atoms with Crippen molar-refractivity contribution in [3.8, 4) is 0 Å². The maximum atomic E-state index is 13.8. The van der Waals surface area contributed by atoms with Gasteiger partial charge >= 0.3 is 0 Å². The first kappa shape index (κ1) is 19.7. The maximum Gasteiger partial charge on any atom is 0.264 e. The van der Waals surface area contributed by atoms with Crippen molar-refractivity contribution >= 4 is 25.5 Å². The summed E-state index contributed by atoms with van der Waals surface area (Å²) in [7, 11) is -8.21. The summed E-state index contributed by atoms with van der Waals surface area (Å²) >= 11 is 0. The van der Waals surface area contributed by atoms with Crippen LogP contribution in [-0.4, -0.2) is 22.1 Å². The summed E-state index contributed by atoms with van der Waals surface area (Å²) in [5, 5.41) is -0.520. The maximum absolute atomic E-state index is 13.8. The molecule has 146 valence electrons. The molecule has 1 saturated carbocycles. The molecular formula is C17H16F3NO4S2. The fourth-order valence-corrected chi connectivity index (χ4v) is 6.07. The minimum absolute atomic E-state index is 0.0552. The van der Waals surface area contributed by atoms with E-state index in [1.54, 1.807) is 0 Å². The highest BCUT2D eigenvalue weighted by atomic mass is 32.2. The molecule has 0 saturated heterocycles. The number of halogens is 3. The van der Waals surface area contributed by atoms with Crippen molar-refractivity contribution in [3.05, 3.63) is 53.8 Å². The van der Waals surface area contributed by atoms with Crippen LogP contribution < -0.4 is 4.72 Å². The first-order chi connectivity index (χ1) is 12.6. The van der Waals surface area contributed by atoms with Crippen molar-refractivity contribution in [2.45, 2.75) is 40.7 Å². The van der Waals surface area contributed by atoms with E-state index in [0.29, 0.717) is 25.0 Å². The molecular weight excluding hydrogens is 403 g/mol. The Morgan fingerprint density at radius 1 is 0.889 bits per heavy atom. The largest absolute Gasteiger partial charge is 0.279 e. The van der Waals surface area contributed by atoms with E-state index in [0.717, 1.165) is 18.9 Å². The van der Waals surface area contributed by atoms with Gasteiger partial charge in [-0.25, -0.2) is 30.0 Å². The molecule has 0 aromatic heterocycles. The quantitative estimate of drug-likeness (QED) is 0.751. The molecule has 0 spiro atoms. The van der Waals surface area contributed by atoms with Crippen molar-refractivity contribution in [3.63, 3.8) is 0 Å². The Labute approximate surface area is 155 Å². The molecule has 2 aromatic rings. The standard InChI is InChI=1S/C17H16F3NO4S2/c18-14-8-9-15(17(20)16(14)19)27(24,25)21-11-4-3-7-13(10-11)26(22,23)12-5-1-2-6-12/h3-4,7-10,12,21H,1-2,5-6H2. The van der Waals surface area contributed by atoms with Crippen LogP contribution in [0.1, 0.15) is 25.7 Å². The normalized spacial score (nSPS) is 15.8. The van der Waals surface area contributed by atoms with Gasteiger partial charge in [-0.1, -0.05) is 18.9 Å². The summed E-state index contributed by atoms with van der Waals surface area (Å²) in [5.41, 5.74) is -0.127. The lowest BCUT2D eigenvalue weighted by atomic mass is 10.3. The second kappa shape index (κ2) is 7.16. The average Bonchev–Trinajstić information content (AvgIpc) is 3.15. The highest BCUT2D eigenvalue weighted by molar-refractivity contribution is 7.93. The minimum atomic E-state index is -4.59. The SMILES string of the molecule is O=S(=O)(Nc1cccc(S(=O)(=O)C2CCCC2)c1)c1ccc(F)c(F)c1F. The molecule has 27 heavy (non-hydrogen) atoms. The Morgan fingerprint density at radius 3 is 2.22 bits per heavy atom. The Balaban J connectivity index is 1.93. The van der Waals surface area contributed by atoms with Crippen molar-refractivity contribution in [2.75, 3.05) is 4.72 Å². The zero-order valence-corrected chi connectivity index (χ0v) is 15.6. The van der Waals surface area contributed by atoms with Gasteiger partial charge in [0.1, 0.15) is 4.90 Å². The fraction of sp³-hybridized carbons (Fsp3) is 0.294. The third-order valence-electron chi connectivity index (χ3n) is 4.45. The van der Waals surface area contributed by atoms with Crippen LogP contribution in [-0.2, 0) is 19.9 Å². The number of sulfonamides is 1. The first-order valence-electron chi connectivity index (χ1n) is 8.13. The van der Waals surface area contributed by atoms with Crippen LogP contribution in [0.25, 0.3) is 0 Å². The van der Waals surface area contributed by atoms with E-state index in [1.165, 1.54) is 18.2 Å². The van der Waals surface area contributed by atoms with Crippen LogP contribution in [0, 0.1) is 17.5 Å². The molecule has 0 amide bonds. The lowest BCUT2D eigenvalue weighted by Gasteiger charge is -2.13. The van der Waals surface area contributed by atoms with Gasteiger partial charge in [0.25, 0.3) is 10.0 Å². The predicted octanol–water partition coefficient (Wildman–Crippen LogP) is 3.62. The van der Waals surface area contributed by atoms with E-state index in [-0.39, 0.29) is 10.6 Å². The number of nitrogens with one attached hydrogen (secondary N) is 1. The summed E-state index contributed by atoms with van der Waals surface area (Å²) in [6.07, 6.45) is 2.70. The molecule has 0 radical (unpaired) electrons. The lowest BCUT2D eigenvalue weighted by Crippen LogP contribution is -2.19. The summed E-state index contributed by atoms with van der Waals surface area (Å²) < 4.78 is 92.0. The van der Waals surface area contributed by atoms with E-state index in [4.69, 9.17) is 0 Å². The number of anilines is 1. The summed E-state index contributed by atoms with van der Waals surface area (Å²) in [6.45, 7) is 0. The zero-order chi connectivity index (χ0) is 19.8. The van der Waals surface area contributed by atoms with Gasteiger partial charge in [0.2, 0.25) is 0 Å². The van der Waals surface area contributed by atoms with Crippen LogP contribution in [0.3, 0.4) is 0 Å². The Bertz CT molecular complexity index is 1080. The van der Waals surface area contributed by atoms with Crippen LogP contribution in [0.2, 0.25) is 0 Å². The number of hydrogen-bond acceptors (Lipinski definition) is 4. The van der Waals surface area contributed by atoms with Gasteiger partial charge in [-0.2, -0.15) is 0 Å². The van der Waals surface area contributed by atoms with Crippen molar-refractivity contribution < 1.29 is 30.0 Å². The highest BCUT2D eigenvalue weighted by Crippen LogP contribution is 2.31. The molecule has 3 rings (SSSR count). The molecule has 0 atom stereocenters. The molecule has 1 N–H and O–H groups in total. The molecule has 2 aromatic carbocycles. The topological polar surface area (TPSA) is 80.3 Å². The fourth-order valence-electron chi connectivity index (χ4n) is 3.05. The van der Waals surface area contributed by atoms with E-state index in [2.05, 4.69) is 0 Å². The van der Waals surface area contributed by atoms with E-state index < -0.39 is 47.5 Å². The van der Waals surface area contributed by atoms with Crippen LogP contribution in [0.15, 0.2) is 46.2 Å². The predicted molar refractivity (Wildman–Crippen MR) is 93.0 cm³/mol. The molecule has 0 unspecified atom stereocenters. The number of hydrogen-bond donors (Lipinski definition) is 1. The monoisotopic (exact) mass is 419 g/mol. The molecule has 0 heterocycles. The van der Waals surface area contributed by atoms with Crippen LogP contribution in [0.5, 0.6) is 0 Å². The van der Waals surface area contributed by atoms with Gasteiger partial charge in [-0.05, 0) is 43.2 Å². The van der Waals surface area contributed by atoms with E-state index >= 15 is 0 Å². The van der Waals surface area contributed by atoms with Gasteiger partial charge in [0.15, 0.2) is 27.3 Å². The average molecular weight is 419 g/mol. The summed E-state index contributed by atoms with van der Waals surface area (Å²) in [6, 6.07) is 6.19. The molecule has 1 aliphatic rings. The summed E-state index contributed by atoms with van der Waals surface area (Å²) in [4.78, 5) is -1.13. The van der Waals surface area contributed by atoms with E-state index in [1.807, 2.05) is 4.72 Å². The highest BCUT2D eigenvalue weighted by Gasteiger charge is 2.31. The zero-order valence-electron chi connectivity index (χ0n) is 14.0. The molecule has 5 nitrogen and oxygen atoms in total. The molecule has 0 bridgehead atoms. The number of sulfone groups is 1. The third-order valence-corrected chi connectivity index (χ3v) is 8.10. The number of rotatable bonds is 5.